The minimum absolute atomic E-state index is 0.217. The first-order chi connectivity index (χ1) is 23.1. The maximum atomic E-state index is 13.4. The number of aliphatic hydroxyl groups is 2. The Labute approximate surface area is 281 Å². The summed E-state index contributed by atoms with van der Waals surface area (Å²) in [5, 5.41) is 32.2. The Hall–Kier alpha value is -4.39. The summed E-state index contributed by atoms with van der Waals surface area (Å²) in [4.78, 5) is 38.9. The van der Waals surface area contributed by atoms with Crippen LogP contribution in [0.2, 0.25) is 0 Å². The third kappa shape index (κ3) is 5.71. The molecule has 0 amide bonds. The monoisotopic (exact) mass is 642 g/mol. The lowest BCUT2D eigenvalue weighted by molar-refractivity contribution is 0.0116. The predicted octanol–water partition coefficient (Wildman–Crippen LogP) is 7.89. The van der Waals surface area contributed by atoms with Gasteiger partial charge in [0.2, 0.25) is 0 Å². The first-order valence-corrected chi connectivity index (χ1v) is 17.3. The average molecular weight is 643 g/mol. The number of Topliss-reactive ketones (excluding diaryl/α,β-unsaturated/α-hetero) is 2. The minimum atomic E-state index is -1.31. The summed E-state index contributed by atoms with van der Waals surface area (Å²) >= 11 is 0. The van der Waals surface area contributed by atoms with E-state index in [1.54, 1.807) is 12.1 Å². The molecule has 4 aromatic carbocycles. The zero-order valence-electron chi connectivity index (χ0n) is 27.2. The van der Waals surface area contributed by atoms with Gasteiger partial charge in [-0.25, -0.2) is 4.79 Å². The van der Waals surface area contributed by atoms with Gasteiger partial charge in [-0.05, 0) is 84.0 Å². The molecule has 4 aromatic rings. The fraction of sp³-hybridized carbons (Fsp3) is 0.357. The van der Waals surface area contributed by atoms with Crippen LogP contribution in [0.15, 0.2) is 91.0 Å². The van der Waals surface area contributed by atoms with Crippen LogP contribution in [-0.4, -0.2) is 44.1 Å². The van der Waals surface area contributed by atoms with E-state index in [0.717, 1.165) is 71.9 Å². The van der Waals surface area contributed by atoms with Crippen LogP contribution in [0.4, 0.5) is 0 Å². The molecule has 0 heterocycles. The normalized spacial score (nSPS) is 18.8. The van der Waals surface area contributed by atoms with Crippen molar-refractivity contribution in [1.29, 1.82) is 0 Å². The Balaban J connectivity index is 1.27. The SMILES string of the molecule is O=C(O)c1ccc2c(c1)C(Cc1ccc(C(=O)C3(O)CCCCC3)cc1)(Cc1ccc(C(=O)C3(O)CCCCC3)cc1)c1ccccc1-2. The molecule has 0 saturated heterocycles. The highest BCUT2D eigenvalue weighted by Gasteiger charge is 2.44. The van der Waals surface area contributed by atoms with E-state index in [1.165, 1.54) is 0 Å². The summed E-state index contributed by atoms with van der Waals surface area (Å²) in [5.41, 5.74) is 3.99. The van der Waals surface area contributed by atoms with Gasteiger partial charge in [-0.3, -0.25) is 9.59 Å². The maximum Gasteiger partial charge on any atom is 0.335 e. The average Bonchev–Trinajstić information content (AvgIpc) is 3.37. The quantitative estimate of drug-likeness (QED) is 0.160. The number of carboxylic acids is 1. The molecule has 6 nitrogen and oxygen atoms in total. The van der Waals surface area contributed by atoms with Gasteiger partial charge in [0.1, 0.15) is 11.2 Å². The zero-order valence-corrected chi connectivity index (χ0v) is 27.2. The standard InChI is InChI=1S/C42H42O6/c43-37(41(47)21-5-1-6-22-41)30-15-11-28(12-16-30)26-40(27-29-13-17-31(18-14-29)38(44)42(48)23-7-2-8-24-42)35-10-4-3-9-33(35)34-20-19-32(39(45)46)25-36(34)40/h3-4,9-20,25,47-48H,1-2,5-8,21-24,26-27H2,(H,45,46). The summed E-state index contributed by atoms with van der Waals surface area (Å²) in [6.07, 6.45) is 8.46. The lowest BCUT2D eigenvalue weighted by Crippen LogP contribution is -2.40. The van der Waals surface area contributed by atoms with Gasteiger partial charge >= 0.3 is 5.97 Å². The summed E-state index contributed by atoms with van der Waals surface area (Å²) < 4.78 is 0. The van der Waals surface area contributed by atoms with Crippen LogP contribution in [0.25, 0.3) is 11.1 Å². The molecule has 246 valence electrons. The molecule has 3 aliphatic carbocycles. The van der Waals surface area contributed by atoms with Gasteiger partial charge in [-0.15, -0.1) is 0 Å². The fourth-order valence-corrected chi connectivity index (χ4v) is 8.54. The fourth-order valence-electron chi connectivity index (χ4n) is 8.54. The van der Waals surface area contributed by atoms with E-state index in [4.69, 9.17) is 0 Å². The molecule has 0 unspecified atom stereocenters. The van der Waals surface area contributed by atoms with Crippen LogP contribution in [0.1, 0.15) is 118 Å². The molecule has 2 saturated carbocycles. The zero-order chi connectivity index (χ0) is 33.5. The molecule has 7 rings (SSSR count). The van der Waals surface area contributed by atoms with Crippen LogP contribution in [0.5, 0.6) is 0 Å². The molecule has 0 bridgehead atoms. The second-order valence-electron chi connectivity index (χ2n) is 14.3. The van der Waals surface area contributed by atoms with Crippen LogP contribution in [0.3, 0.4) is 0 Å². The Morgan fingerprint density at radius 3 is 1.44 bits per heavy atom. The third-order valence-electron chi connectivity index (χ3n) is 11.2. The van der Waals surface area contributed by atoms with Gasteiger partial charge in [0.15, 0.2) is 11.6 Å². The maximum absolute atomic E-state index is 13.4. The van der Waals surface area contributed by atoms with E-state index >= 15 is 0 Å². The second-order valence-corrected chi connectivity index (χ2v) is 14.3. The van der Waals surface area contributed by atoms with Gasteiger partial charge in [0, 0.05) is 16.5 Å². The number of aromatic carboxylic acids is 1. The van der Waals surface area contributed by atoms with Crippen molar-refractivity contribution in [1.82, 2.24) is 0 Å². The van der Waals surface area contributed by atoms with Gasteiger partial charge in [0.25, 0.3) is 0 Å². The summed E-state index contributed by atoms with van der Waals surface area (Å²) in [5.74, 6) is -1.44. The number of ketones is 2. The first kappa shape index (κ1) is 32.2. The van der Waals surface area contributed by atoms with Gasteiger partial charge < -0.3 is 15.3 Å². The van der Waals surface area contributed by atoms with Gasteiger partial charge in [-0.2, -0.15) is 0 Å². The van der Waals surface area contributed by atoms with Gasteiger partial charge in [-0.1, -0.05) is 117 Å². The van der Waals surface area contributed by atoms with Crippen molar-refractivity contribution in [3.8, 4) is 11.1 Å². The van der Waals surface area contributed by atoms with Gasteiger partial charge in [0.05, 0.1) is 5.56 Å². The molecule has 3 N–H and O–H groups in total. The van der Waals surface area contributed by atoms with E-state index in [9.17, 15) is 29.7 Å². The molecular formula is C42H42O6. The molecule has 0 aliphatic heterocycles. The molecule has 2 fully saturated rings. The number of rotatable bonds is 9. The lowest BCUT2D eigenvalue weighted by Gasteiger charge is -2.34. The Kier molecular flexibility index (Phi) is 8.42. The number of benzene rings is 4. The summed E-state index contributed by atoms with van der Waals surface area (Å²) in [7, 11) is 0. The van der Waals surface area contributed by atoms with E-state index in [2.05, 4.69) is 12.1 Å². The van der Waals surface area contributed by atoms with Crippen molar-refractivity contribution in [2.24, 2.45) is 0 Å². The van der Waals surface area contributed by atoms with Crippen LogP contribution in [-0.2, 0) is 18.3 Å². The Bertz CT molecular complexity index is 1780. The number of carbonyl (C=O) groups is 3. The summed E-state index contributed by atoms with van der Waals surface area (Å²) in [6, 6.07) is 28.6. The molecule has 6 heteroatoms. The number of fused-ring (bicyclic) bond motifs is 3. The highest BCUT2D eigenvalue weighted by molar-refractivity contribution is 6.03. The van der Waals surface area contributed by atoms with E-state index in [1.807, 2.05) is 66.7 Å². The molecule has 0 aromatic heterocycles. The lowest BCUT2D eigenvalue weighted by atomic mass is 9.69. The summed E-state index contributed by atoms with van der Waals surface area (Å²) in [6.45, 7) is 0. The topological polar surface area (TPSA) is 112 Å². The predicted molar refractivity (Wildman–Crippen MR) is 185 cm³/mol. The third-order valence-corrected chi connectivity index (χ3v) is 11.2. The molecule has 0 spiro atoms. The largest absolute Gasteiger partial charge is 0.478 e. The minimum Gasteiger partial charge on any atom is -0.478 e. The highest BCUT2D eigenvalue weighted by atomic mass is 16.4. The smallest absolute Gasteiger partial charge is 0.335 e. The molecule has 48 heavy (non-hydrogen) atoms. The van der Waals surface area contributed by atoms with E-state index < -0.39 is 22.6 Å². The number of carbonyl (C=O) groups excluding carboxylic acids is 2. The van der Waals surface area contributed by atoms with Crippen molar-refractivity contribution in [2.75, 3.05) is 0 Å². The van der Waals surface area contributed by atoms with E-state index in [0.29, 0.717) is 49.7 Å². The van der Waals surface area contributed by atoms with Crippen LogP contribution >= 0.6 is 0 Å². The number of carboxylic acid groups (broad SMARTS) is 1. The second kappa shape index (κ2) is 12.6. The van der Waals surface area contributed by atoms with Crippen molar-refractivity contribution in [3.63, 3.8) is 0 Å². The Morgan fingerprint density at radius 2 is 0.958 bits per heavy atom. The first-order valence-electron chi connectivity index (χ1n) is 17.3. The van der Waals surface area contributed by atoms with Crippen LogP contribution in [0, 0.1) is 0 Å². The van der Waals surface area contributed by atoms with Crippen molar-refractivity contribution in [3.05, 3.63) is 130 Å². The highest BCUT2D eigenvalue weighted by Crippen LogP contribution is 2.52. The van der Waals surface area contributed by atoms with E-state index in [-0.39, 0.29) is 17.1 Å². The molecule has 3 aliphatic rings. The molecule has 0 radical (unpaired) electrons. The Morgan fingerprint density at radius 1 is 0.521 bits per heavy atom. The molecular weight excluding hydrogens is 600 g/mol. The van der Waals surface area contributed by atoms with Crippen molar-refractivity contribution >= 4 is 17.5 Å². The van der Waals surface area contributed by atoms with Crippen LogP contribution < -0.4 is 0 Å². The molecule has 0 atom stereocenters. The van der Waals surface area contributed by atoms with Crippen molar-refractivity contribution < 1.29 is 29.7 Å². The number of hydrogen-bond acceptors (Lipinski definition) is 5. The number of hydrogen-bond donors (Lipinski definition) is 3. The van der Waals surface area contributed by atoms with Crippen molar-refractivity contribution in [2.45, 2.75) is 93.7 Å².